The first-order chi connectivity index (χ1) is 7.70. The normalized spacial score (nSPS) is 21.5. The van der Waals surface area contributed by atoms with Gasteiger partial charge in [0.05, 0.1) is 0 Å². The second-order valence-corrected chi connectivity index (χ2v) is 4.45. The molecule has 1 heterocycles. The zero-order valence-electron chi connectivity index (χ0n) is 9.62. The molecule has 88 valence electrons. The number of halogens is 1. The molecule has 2 rings (SSSR count). The van der Waals surface area contributed by atoms with Gasteiger partial charge >= 0.3 is 0 Å². The summed E-state index contributed by atoms with van der Waals surface area (Å²) >= 11 is 0. The van der Waals surface area contributed by atoms with Gasteiger partial charge < -0.3 is 5.11 Å². The SMILES string of the molecule is CCC1CCCN1Cc1cc(F)ccc1O. The second-order valence-electron chi connectivity index (χ2n) is 4.45. The van der Waals surface area contributed by atoms with Crippen molar-refractivity contribution in [2.75, 3.05) is 6.54 Å². The molecule has 0 radical (unpaired) electrons. The lowest BCUT2D eigenvalue weighted by Gasteiger charge is -2.23. The molecule has 1 aliphatic rings. The first-order valence-electron chi connectivity index (χ1n) is 5.92. The third kappa shape index (κ3) is 2.35. The summed E-state index contributed by atoms with van der Waals surface area (Å²) < 4.78 is 13.1. The number of nitrogens with zero attached hydrogens (tertiary/aromatic N) is 1. The molecule has 0 aliphatic carbocycles. The highest BCUT2D eigenvalue weighted by atomic mass is 19.1. The summed E-state index contributed by atoms with van der Waals surface area (Å²) in [5.74, 6) is -0.0804. The van der Waals surface area contributed by atoms with Crippen LogP contribution in [0.3, 0.4) is 0 Å². The fourth-order valence-corrected chi connectivity index (χ4v) is 2.47. The number of likely N-dealkylation sites (tertiary alicyclic amines) is 1. The maximum Gasteiger partial charge on any atom is 0.123 e. The van der Waals surface area contributed by atoms with Crippen molar-refractivity contribution in [1.82, 2.24) is 4.90 Å². The number of benzene rings is 1. The molecule has 1 unspecified atom stereocenters. The Hall–Kier alpha value is -1.09. The molecule has 1 atom stereocenters. The predicted molar refractivity (Wildman–Crippen MR) is 61.8 cm³/mol. The molecular weight excluding hydrogens is 205 g/mol. The van der Waals surface area contributed by atoms with E-state index in [4.69, 9.17) is 0 Å². The van der Waals surface area contributed by atoms with E-state index < -0.39 is 0 Å². The highest BCUT2D eigenvalue weighted by molar-refractivity contribution is 5.32. The van der Waals surface area contributed by atoms with Crippen LogP contribution >= 0.6 is 0 Å². The first kappa shape index (κ1) is 11.4. The van der Waals surface area contributed by atoms with Crippen LogP contribution in [0.15, 0.2) is 18.2 Å². The average Bonchev–Trinajstić information content (AvgIpc) is 2.71. The summed E-state index contributed by atoms with van der Waals surface area (Å²) in [5, 5.41) is 9.66. The highest BCUT2D eigenvalue weighted by Gasteiger charge is 2.23. The Balaban J connectivity index is 2.11. The zero-order valence-corrected chi connectivity index (χ0v) is 9.62. The van der Waals surface area contributed by atoms with E-state index in [0.717, 1.165) is 13.0 Å². The molecule has 16 heavy (non-hydrogen) atoms. The lowest BCUT2D eigenvalue weighted by atomic mass is 10.1. The zero-order chi connectivity index (χ0) is 11.5. The third-order valence-electron chi connectivity index (χ3n) is 3.39. The lowest BCUT2D eigenvalue weighted by molar-refractivity contribution is 0.236. The summed E-state index contributed by atoms with van der Waals surface area (Å²) in [4.78, 5) is 2.33. The molecule has 0 bridgehead atoms. The molecule has 1 aromatic rings. The molecule has 0 spiro atoms. The number of rotatable bonds is 3. The van der Waals surface area contributed by atoms with E-state index in [1.807, 2.05) is 0 Å². The minimum atomic E-state index is -0.278. The van der Waals surface area contributed by atoms with Gasteiger partial charge in [0, 0.05) is 18.2 Å². The molecular formula is C13H18FNO. The predicted octanol–water partition coefficient (Wildman–Crippen LogP) is 2.91. The maximum absolute atomic E-state index is 13.1. The van der Waals surface area contributed by atoms with E-state index in [-0.39, 0.29) is 11.6 Å². The summed E-state index contributed by atoms with van der Waals surface area (Å²) in [5.41, 5.74) is 0.695. The highest BCUT2D eigenvalue weighted by Crippen LogP contribution is 2.26. The van der Waals surface area contributed by atoms with E-state index >= 15 is 0 Å². The Morgan fingerprint density at radius 1 is 1.50 bits per heavy atom. The van der Waals surface area contributed by atoms with Crippen molar-refractivity contribution in [1.29, 1.82) is 0 Å². The standard InChI is InChI=1S/C13H18FNO/c1-2-12-4-3-7-15(12)9-10-8-11(14)5-6-13(10)16/h5-6,8,12,16H,2-4,7,9H2,1H3. The van der Waals surface area contributed by atoms with Gasteiger partial charge in [0.1, 0.15) is 11.6 Å². The van der Waals surface area contributed by atoms with Crippen LogP contribution in [0.1, 0.15) is 31.7 Å². The lowest BCUT2D eigenvalue weighted by Crippen LogP contribution is -2.28. The monoisotopic (exact) mass is 223 g/mol. The van der Waals surface area contributed by atoms with E-state index in [2.05, 4.69) is 11.8 Å². The van der Waals surface area contributed by atoms with Gasteiger partial charge in [0.2, 0.25) is 0 Å². The number of phenols is 1. The first-order valence-corrected chi connectivity index (χ1v) is 5.92. The summed E-state index contributed by atoms with van der Waals surface area (Å²) in [7, 11) is 0. The minimum absolute atomic E-state index is 0.197. The van der Waals surface area contributed by atoms with E-state index in [1.54, 1.807) is 0 Å². The smallest absolute Gasteiger partial charge is 0.123 e. The molecule has 1 N–H and O–H groups in total. The topological polar surface area (TPSA) is 23.5 Å². The molecule has 3 heteroatoms. The van der Waals surface area contributed by atoms with Crippen LogP contribution in [0, 0.1) is 5.82 Å². The van der Waals surface area contributed by atoms with Gasteiger partial charge in [-0.15, -0.1) is 0 Å². The van der Waals surface area contributed by atoms with Crippen molar-refractivity contribution < 1.29 is 9.50 Å². The van der Waals surface area contributed by atoms with Crippen molar-refractivity contribution in [3.05, 3.63) is 29.6 Å². The molecule has 0 aromatic heterocycles. The van der Waals surface area contributed by atoms with Crippen LogP contribution in [0.5, 0.6) is 5.75 Å². The number of aromatic hydroxyl groups is 1. The van der Waals surface area contributed by atoms with Gasteiger partial charge in [-0.3, -0.25) is 4.90 Å². The van der Waals surface area contributed by atoms with Crippen LogP contribution in [0.4, 0.5) is 4.39 Å². The van der Waals surface area contributed by atoms with E-state index in [0.29, 0.717) is 18.2 Å². The van der Waals surface area contributed by atoms with E-state index in [1.165, 1.54) is 31.0 Å². The number of hydrogen-bond acceptors (Lipinski definition) is 2. The summed E-state index contributed by atoms with van der Waals surface area (Å²) in [6.45, 7) is 3.88. The molecule has 0 amide bonds. The van der Waals surface area contributed by atoms with Crippen LogP contribution in [0.25, 0.3) is 0 Å². The van der Waals surface area contributed by atoms with Gasteiger partial charge in [-0.1, -0.05) is 6.92 Å². The van der Waals surface area contributed by atoms with Crippen molar-refractivity contribution >= 4 is 0 Å². The molecule has 1 saturated heterocycles. The average molecular weight is 223 g/mol. The van der Waals surface area contributed by atoms with Gasteiger partial charge in [0.15, 0.2) is 0 Å². The third-order valence-corrected chi connectivity index (χ3v) is 3.39. The fraction of sp³-hybridized carbons (Fsp3) is 0.538. The Morgan fingerprint density at radius 2 is 2.31 bits per heavy atom. The number of phenolic OH excluding ortho intramolecular Hbond substituents is 1. The Bertz CT molecular complexity index is 367. The summed E-state index contributed by atoms with van der Waals surface area (Å²) in [6.07, 6.45) is 3.54. The van der Waals surface area contributed by atoms with Gasteiger partial charge in [-0.05, 0) is 44.0 Å². The molecule has 1 aromatic carbocycles. The minimum Gasteiger partial charge on any atom is -0.508 e. The maximum atomic E-state index is 13.1. The Morgan fingerprint density at radius 3 is 3.06 bits per heavy atom. The Labute approximate surface area is 95.7 Å². The van der Waals surface area contributed by atoms with Crippen molar-refractivity contribution in [3.63, 3.8) is 0 Å². The molecule has 1 aliphatic heterocycles. The second kappa shape index (κ2) is 4.83. The number of hydrogen-bond donors (Lipinski definition) is 1. The van der Waals surface area contributed by atoms with Gasteiger partial charge in [0.25, 0.3) is 0 Å². The fourth-order valence-electron chi connectivity index (χ4n) is 2.47. The van der Waals surface area contributed by atoms with Crippen LogP contribution in [-0.2, 0) is 6.54 Å². The summed E-state index contributed by atoms with van der Waals surface area (Å²) in [6, 6.07) is 4.74. The molecule has 0 saturated carbocycles. The Kier molecular flexibility index (Phi) is 3.44. The van der Waals surface area contributed by atoms with Crippen LogP contribution in [-0.4, -0.2) is 22.6 Å². The van der Waals surface area contributed by atoms with Gasteiger partial charge in [-0.25, -0.2) is 4.39 Å². The quantitative estimate of drug-likeness (QED) is 0.851. The van der Waals surface area contributed by atoms with Crippen molar-refractivity contribution in [2.45, 2.75) is 38.8 Å². The largest absolute Gasteiger partial charge is 0.508 e. The van der Waals surface area contributed by atoms with Crippen molar-refractivity contribution in [3.8, 4) is 5.75 Å². The molecule has 2 nitrogen and oxygen atoms in total. The van der Waals surface area contributed by atoms with Crippen LogP contribution < -0.4 is 0 Å². The van der Waals surface area contributed by atoms with Gasteiger partial charge in [-0.2, -0.15) is 0 Å². The van der Waals surface area contributed by atoms with Crippen LogP contribution in [0.2, 0.25) is 0 Å². The van der Waals surface area contributed by atoms with Crippen molar-refractivity contribution in [2.24, 2.45) is 0 Å². The molecule has 1 fully saturated rings. The van der Waals surface area contributed by atoms with E-state index in [9.17, 15) is 9.50 Å².